The highest BCUT2D eigenvalue weighted by molar-refractivity contribution is 7.80. The van der Waals surface area contributed by atoms with E-state index in [1.165, 1.54) is 0 Å². The fourth-order valence-corrected chi connectivity index (χ4v) is 3.93. The molecule has 0 bridgehead atoms. The number of fused-ring (bicyclic) bond motifs is 1. The van der Waals surface area contributed by atoms with Crippen molar-refractivity contribution in [1.29, 1.82) is 0 Å². The highest BCUT2D eigenvalue weighted by atomic mass is 32.1. The maximum atomic E-state index is 12.7. The summed E-state index contributed by atoms with van der Waals surface area (Å²) in [5.74, 6) is 0.188. The third-order valence-electron chi connectivity index (χ3n) is 5.59. The van der Waals surface area contributed by atoms with E-state index in [1.807, 2.05) is 79.7 Å². The zero-order valence-electron chi connectivity index (χ0n) is 19.4. The largest absolute Gasteiger partial charge is 0.332 e. The summed E-state index contributed by atoms with van der Waals surface area (Å²) in [5, 5.41) is 11.4. The summed E-state index contributed by atoms with van der Waals surface area (Å²) < 4.78 is 0. The van der Waals surface area contributed by atoms with Gasteiger partial charge in [-0.05, 0) is 77.9 Å². The van der Waals surface area contributed by atoms with Crippen molar-refractivity contribution in [2.75, 3.05) is 10.6 Å². The third kappa shape index (κ3) is 5.34. The van der Waals surface area contributed by atoms with Crippen LogP contribution in [-0.2, 0) is 0 Å². The van der Waals surface area contributed by atoms with Crippen LogP contribution < -0.4 is 16.0 Å². The molecule has 7 nitrogen and oxygen atoms in total. The molecule has 2 heterocycles. The maximum absolute atomic E-state index is 12.7. The average Bonchev–Trinajstić information content (AvgIpc) is 2.91. The Morgan fingerprint density at radius 1 is 0.889 bits per heavy atom. The zero-order valence-corrected chi connectivity index (χ0v) is 20.2. The number of anilines is 3. The van der Waals surface area contributed by atoms with Crippen LogP contribution in [0.5, 0.6) is 0 Å². The van der Waals surface area contributed by atoms with Crippen molar-refractivity contribution in [3.05, 3.63) is 109 Å². The van der Waals surface area contributed by atoms with Crippen LogP contribution in [0.2, 0.25) is 0 Å². The van der Waals surface area contributed by atoms with E-state index < -0.39 is 0 Å². The van der Waals surface area contributed by atoms with Gasteiger partial charge in [-0.1, -0.05) is 36.4 Å². The van der Waals surface area contributed by atoms with Gasteiger partial charge >= 0.3 is 0 Å². The van der Waals surface area contributed by atoms with Crippen molar-refractivity contribution < 1.29 is 4.79 Å². The highest BCUT2D eigenvalue weighted by Crippen LogP contribution is 2.24. The molecule has 5 aromatic rings. The first-order valence-electron chi connectivity index (χ1n) is 11.3. The molecule has 0 aliphatic rings. The van der Waals surface area contributed by atoms with Gasteiger partial charge in [0, 0.05) is 41.1 Å². The Morgan fingerprint density at radius 2 is 1.75 bits per heavy atom. The first kappa shape index (κ1) is 23.1. The van der Waals surface area contributed by atoms with Gasteiger partial charge in [-0.25, -0.2) is 9.97 Å². The number of carbonyl (C=O) groups excluding carboxylic acids is 1. The molecule has 36 heavy (non-hydrogen) atoms. The molecule has 0 fully saturated rings. The molecule has 0 unspecified atom stereocenters. The molecule has 3 N–H and O–H groups in total. The monoisotopic (exact) mass is 490 g/mol. The van der Waals surface area contributed by atoms with Gasteiger partial charge in [0.05, 0.1) is 5.69 Å². The van der Waals surface area contributed by atoms with E-state index in [2.05, 4.69) is 30.9 Å². The van der Waals surface area contributed by atoms with Gasteiger partial charge in [-0.3, -0.25) is 15.1 Å². The second-order valence-electron chi connectivity index (χ2n) is 8.13. The average molecular weight is 491 g/mol. The number of hydrogen-bond acceptors (Lipinski definition) is 6. The van der Waals surface area contributed by atoms with Gasteiger partial charge in [0.1, 0.15) is 0 Å². The maximum Gasteiger partial charge on any atom is 0.257 e. The molecule has 0 atom stereocenters. The van der Waals surface area contributed by atoms with E-state index in [0.29, 0.717) is 11.5 Å². The Bertz CT molecular complexity index is 1570. The molecule has 0 saturated carbocycles. The summed E-state index contributed by atoms with van der Waals surface area (Å²) in [6.45, 7) is 1.98. The lowest BCUT2D eigenvalue weighted by atomic mass is 10.1. The molecular weight excluding hydrogens is 468 g/mol. The van der Waals surface area contributed by atoms with Crippen molar-refractivity contribution in [3.8, 4) is 11.3 Å². The van der Waals surface area contributed by atoms with Crippen LogP contribution in [0.4, 0.5) is 17.3 Å². The molecule has 5 rings (SSSR count). The minimum Gasteiger partial charge on any atom is -0.332 e. The van der Waals surface area contributed by atoms with Crippen molar-refractivity contribution in [3.63, 3.8) is 0 Å². The lowest BCUT2D eigenvalue weighted by Crippen LogP contribution is -2.34. The molecule has 0 saturated heterocycles. The lowest BCUT2D eigenvalue weighted by molar-refractivity contribution is 0.0978. The quantitative estimate of drug-likeness (QED) is 0.265. The van der Waals surface area contributed by atoms with E-state index >= 15 is 0 Å². The van der Waals surface area contributed by atoms with Gasteiger partial charge in [-0.2, -0.15) is 0 Å². The van der Waals surface area contributed by atoms with Gasteiger partial charge in [0.2, 0.25) is 5.95 Å². The van der Waals surface area contributed by atoms with Gasteiger partial charge in [0.15, 0.2) is 5.11 Å². The van der Waals surface area contributed by atoms with Crippen LogP contribution in [0.25, 0.3) is 22.0 Å². The summed E-state index contributed by atoms with van der Waals surface area (Å²) >= 11 is 5.39. The Kier molecular flexibility index (Phi) is 6.59. The summed E-state index contributed by atoms with van der Waals surface area (Å²) in [5.41, 5.74) is 4.74. The molecule has 176 valence electrons. The van der Waals surface area contributed by atoms with Crippen LogP contribution in [0.15, 0.2) is 97.5 Å². The molecule has 1 amide bonds. The highest BCUT2D eigenvalue weighted by Gasteiger charge is 2.10. The van der Waals surface area contributed by atoms with Crippen LogP contribution in [0.1, 0.15) is 15.9 Å². The predicted octanol–water partition coefficient (Wildman–Crippen LogP) is 5.87. The summed E-state index contributed by atoms with van der Waals surface area (Å²) in [4.78, 5) is 25.8. The van der Waals surface area contributed by atoms with Crippen LogP contribution in [-0.4, -0.2) is 26.0 Å². The van der Waals surface area contributed by atoms with Crippen molar-refractivity contribution in [2.24, 2.45) is 0 Å². The van der Waals surface area contributed by atoms with E-state index in [1.54, 1.807) is 24.7 Å². The normalized spacial score (nSPS) is 10.6. The molecule has 0 aliphatic heterocycles. The first-order chi connectivity index (χ1) is 17.5. The number of hydrogen-bond donors (Lipinski definition) is 3. The first-order valence-corrected chi connectivity index (χ1v) is 11.7. The van der Waals surface area contributed by atoms with Crippen LogP contribution in [0, 0.1) is 6.92 Å². The number of nitrogens with zero attached hydrogens (tertiary/aromatic N) is 3. The number of rotatable bonds is 5. The topological polar surface area (TPSA) is 91.8 Å². The fourth-order valence-electron chi connectivity index (χ4n) is 3.72. The van der Waals surface area contributed by atoms with Crippen molar-refractivity contribution in [2.45, 2.75) is 6.92 Å². The minimum absolute atomic E-state index is 0.206. The number of carbonyl (C=O) groups is 1. The Hall–Kier alpha value is -4.69. The number of thiocarbonyl (C=S) groups is 1. The second kappa shape index (κ2) is 10.3. The molecule has 2 aromatic heterocycles. The minimum atomic E-state index is -0.274. The van der Waals surface area contributed by atoms with E-state index in [4.69, 9.17) is 12.2 Å². The number of benzene rings is 3. The van der Waals surface area contributed by atoms with Crippen molar-refractivity contribution in [1.82, 2.24) is 20.3 Å². The van der Waals surface area contributed by atoms with E-state index in [9.17, 15) is 4.79 Å². The number of pyridine rings is 1. The van der Waals surface area contributed by atoms with Gasteiger partial charge in [0.25, 0.3) is 5.91 Å². The molecule has 0 spiro atoms. The van der Waals surface area contributed by atoms with E-state index in [-0.39, 0.29) is 11.0 Å². The summed E-state index contributed by atoms with van der Waals surface area (Å²) in [6, 6.07) is 24.8. The van der Waals surface area contributed by atoms with Gasteiger partial charge < -0.3 is 10.6 Å². The zero-order chi connectivity index (χ0) is 24.9. The van der Waals surface area contributed by atoms with Gasteiger partial charge in [-0.15, -0.1) is 0 Å². The molecule has 8 heteroatoms. The number of nitrogens with one attached hydrogen (secondary N) is 3. The number of amides is 1. The van der Waals surface area contributed by atoms with E-state index in [0.717, 1.165) is 39.0 Å². The SMILES string of the molecule is Cc1ccc(NC(=S)NC(=O)c2ccc3ccccc3c2)cc1Nc1nccc(-c2cccnc2)n1. The molecule has 0 radical (unpaired) electrons. The summed E-state index contributed by atoms with van der Waals surface area (Å²) in [6.07, 6.45) is 5.18. The lowest BCUT2D eigenvalue weighted by Gasteiger charge is -2.14. The number of aryl methyl sites for hydroxylation is 1. The van der Waals surface area contributed by atoms with Crippen LogP contribution >= 0.6 is 12.2 Å². The Balaban J connectivity index is 1.27. The number of aromatic nitrogens is 3. The van der Waals surface area contributed by atoms with Crippen LogP contribution in [0.3, 0.4) is 0 Å². The molecule has 3 aromatic carbocycles. The standard InChI is InChI=1S/C28H22N6OS/c1-18-8-11-23(16-25(18)33-27-30-14-12-24(32-27)22-7-4-13-29-17-22)31-28(36)34-26(35)21-10-9-19-5-2-3-6-20(19)15-21/h2-17H,1H3,(H,30,32,33)(H2,31,34,35,36). The Labute approximate surface area is 213 Å². The smallest absolute Gasteiger partial charge is 0.257 e. The predicted molar refractivity (Wildman–Crippen MR) is 147 cm³/mol. The Morgan fingerprint density at radius 3 is 2.58 bits per heavy atom. The fraction of sp³-hybridized carbons (Fsp3) is 0.0357. The second-order valence-corrected chi connectivity index (χ2v) is 8.54. The molecular formula is C28H22N6OS. The molecule has 0 aliphatic carbocycles. The van der Waals surface area contributed by atoms with Crippen molar-refractivity contribution >= 4 is 51.3 Å². The summed E-state index contributed by atoms with van der Waals surface area (Å²) in [7, 11) is 0. The third-order valence-corrected chi connectivity index (χ3v) is 5.80.